The van der Waals surface area contributed by atoms with E-state index in [4.69, 9.17) is 0 Å². The van der Waals surface area contributed by atoms with Gasteiger partial charge in [0.05, 0.1) is 12.1 Å². The van der Waals surface area contributed by atoms with Gasteiger partial charge in [-0.1, -0.05) is 18.2 Å². The van der Waals surface area contributed by atoms with E-state index in [0.717, 1.165) is 37.8 Å². The average Bonchev–Trinajstić information content (AvgIpc) is 3.11. The number of piperidine rings is 1. The maximum Gasteiger partial charge on any atom is 0.416 e. The van der Waals surface area contributed by atoms with Crippen molar-refractivity contribution in [3.05, 3.63) is 47.5 Å². The highest BCUT2D eigenvalue weighted by Crippen LogP contribution is 2.30. The first-order valence-electron chi connectivity index (χ1n) is 9.53. The smallest absolute Gasteiger partial charge is 0.354 e. The van der Waals surface area contributed by atoms with Crippen molar-refractivity contribution < 1.29 is 13.2 Å². The zero-order chi connectivity index (χ0) is 20.9. The molecule has 2 N–H and O–H groups in total. The molecular weight excluding hydrogens is 383 g/mol. The first-order valence-corrected chi connectivity index (χ1v) is 9.53. The van der Waals surface area contributed by atoms with Crippen molar-refractivity contribution in [1.82, 2.24) is 30.3 Å². The standard InChI is InChI=1S/C19H26F3N7/c1-23-18(24-11-17-25-13-26-28(17)2)27-16-6-8-29(9-7-16)12-14-4-3-5-15(10-14)19(20,21)22/h3-5,10,13,16H,6-9,11-12H2,1-2H3,(H2,23,24,27). The number of alkyl halides is 3. The van der Waals surface area contributed by atoms with Crippen LogP contribution in [0, 0.1) is 0 Å². The summed E-state index contributed by atoms with van der Waals surface area (Å²) in [6.07, 6.45) is -1.01. The first kappa shape index (κ1) is 21.1. The van der Waals surface area contributed by atoms with Crippen molar-refractivity contribution >= 4 is 5.96 Å². The highest BCUT2D eigenvalue weighted by Gasteiger charge is 2.30. The van der Waals surface area contributed by atoms with E-state index in [9.17, 15) is 13.2 Å². The van der Waals surface area contributed by atoms with E-state index in [-0.39, 0.29) is 6.04 Å². The summed E-state index contributed by atoms with van der Waals surface area (Å²) < 4.78 is 40.3. The SMILES string of the molecule is CN=C(NCc1ncnn1C)NC1CCN(Cc2cccc(C(F)(F)F)c2)CC1. The number of aliphatic imine (C=N–C) groups is 1. The molecule has 1 aliphatic rings. The van der Waals surface area contributed by atoms with Gasteiger partial charge >= 0.3 is 6.18 Å². The molecule has 0 aliphatic carbocycles. The molecule has 0 radical (unpaired) electrons. The molecule has 1 aliphatic heterocycles. The number of likely N-dealkylation sites (tertiary alicyclic amines) is 1. The monoisotopic (exact) mass is 409 g/mol. The maximum atomic E-state index is 12.9. The van der Waals surface area contributed by atoms with E-state index in [1.54, 1.807) is 17.8 Å². The Hall–Kier alpha value is -2.62. The van der Waals surface area contributed by atoms with E-state index in [2.05, 4.69) is 30.6 Å². The van der Waals surface area contributed by atoms with E-state index in [1.165, 1.54) is 18.5 Å². The van der Waals surface area contributed by atoms with Gasteiger partial charge in [0, 0.05) is 39.8 Å². The highest BCUT2D eigenvalue weighted by atomic mass is 19.4. The number of hydrogen-bond donors (Lipinski definition) is 2. The summed E-state index contributed by atoms with van der Waals surface area (Å²) in [6.45, 7) is 2.67. The van der Waals surface area contributed by atoms with Gasteiger partial charge < -0.3 is 10.6 Å². The molecule has 0 unspecified atom stereocenters. The molecule has 3 rings (SSSR count). The minimum Gasteiger partial charge on any atom is -0.354 e. The van der Waals surface area contributed by atoms with Crippen LogP contribution in [0.1, 0.15) is 29.8 Å². The van der Waals surface area contributed by atoms with E-state index >= 15 is 0 Å². The molecule has 0 spiro atoms. The second kappa shape index (κ2) is 9.25. The molecule has 0 bridgehead atoms. The number of nitrogens with one attached hydrogen (secondary N) is 2. The lowest BCUT2D eigenvalue weighted by atomic mass is 10.0. The minimum absolute atomic E-state index is 0.262. The van der Waals surface area contributed by atoms with E-state index < -0.39 is 11.7 Å². The van der Waals surface area contributed by atoms with Crippen molar-refractivity contribution in [3.8, 4) is 0 Å². The Bertz CT molecular complexity index is 823. The third-order valence-corrected chi connectivity index (χ3v) is 5.03. The second-order valence-corrected chi connectivity index (χ2v) is 7.12. The number of nitrogens with zero attached hydrogens (tertiary/aromatic N) is 5. The van der Waals surface area contributed by atoms with Gasteiger partial charge in [-0.2, -0.15) is 18.3 Å². The first-order chi connectivity index (χ1) is 13.8. The molecule has 29 heavy (non-hydrogen) atoms. The molecular formula is C19H26F3N7. The zero-order valence-electron chi connectivity index (χ0n) is 16.6. The van der Waals surface area contributed by atoms with Crippen LogP contribution < -0.4 is 10.6 Å². The van der Waals surface area contributed by atoms with E-state index in [1.807, 2.05) is 7.05 Å². The summed E-state index contributed by atoms with van der Waals surface area (Å²) in [5.41, 5.74) is 0.0942. The number of halogens is 3. The third kappa shape index (κ3) is 5.93. The van der Waals surface area contributed by atoms with Crippen LogP contribution in [0.5, 0.6) is 0 Å². The fourth-order valence-corrected chi connectivity index (χ4v) is 3.37. The predicted octanol–water partition coefficient (Wildman–Crippen LogP) is 2.16. The molecule has 7 nitrogen and oxygen atoms in total. The Morgan fingerprint density at radius 2 is 2.03 bits per heavy atom. The summed E-state index contributed by atoms with van der Waals surface area (Å²) in [4.78, 5) is 10.6. The quantitative estimate of drug-likeness (QED) is 0.585. The van der Waals surface area contributed by atoms with Crippen LogP contribution in [-0.2, 0) is 26.3 Å². The van der Waals surface area contributed by atoms with Gasteiger partial charge in [0.15, 0.2) is 5.96 Å². The average molecular weight is 409 g/mol. The Morgan fingerprint density at radius 1 is 1.28 bits per heavy atom. The molecule has 1 aromatic carbocycles. The maximum absolute atomic E-state index is 12.9. The Balaban J connectivity index is 1.46. The number of aromatic nitrogens is 3. The van der Waals surface area contributed by atoms with Gasteiger partial charge in [0.1, 0.15) is 12.2 Å². The van der Waals surface area contributed by atoms with Crippen molar-refractivity contribution in [3.63, 3.8) is 0 Å². The fourth-order valence-electron chi connectivity index (χ4n) is 3.37. The number of rotatable bonds is 5. The van der Waals surface area contributed by atoms with Crippen LogP contribution in [0.15, 0.2) is 35.6 Å². The summed E-state index contributed by atoms with van der Waals surface area (Å²) >= 11 is 0. The van der Waals surface area contributed by atoms with Crippen LogP contribution >= 0.6 is 0 Å². The molecule has 2 heterocycles. The summed E-state index contributed by atoms with van der Waals surface area (Å²) in [7, 11) is 3.55. The van der Waals surface area contributed by atoms with Crippen molar-refractivity contribution in [1.29, 1.82) is 0 Å². The number of hydrogen-bond acceptors (Lipinski definition) is 4. The molecule has 10 heteroatoms. The molecule has 1 aromatic heterocycles. The van der Waals surface area contributed by atoms with Crippen molar-refractivity contribution in [2.75, 3.05) is 20.1 Å². The fraction of sp³-hybridized carbons (Fsp3) is 0.526. The molecule has 2 aromatic rings. The minimum atomic E-state index is -4.30. The van der Waals surface area contributed by atoms with Gasteiger partial charge in [0.25, 0.3) is 0 Å². The van der Waals surface area contributed by atoms with Gasteiger partial charge in [-0.15, -0.1) is 0 Å². The number of aryl methyl sites for hydroxylation is 1. The van der Waals surface area contributed by atoms with Gasteiger partial charge in [-0.25, -0.2) is 4.98 Å². The molecule has 0 amide bonds. The molecule has 1 fully saturated rings. The van der Waals surface area contributed by atoms with Crippen LogP contribution in [0.25, 0.3) is 0 Å². The lowest BCUT2D eigenvalue weighted by molar-refractivity contribution is -0.137. The molecule has 158 valence electrons. The Labute approximate surface area is 168 Å². The predicted molar refractivity (Wildman–Crippen MR) is 104 cm³/mol. The Morgan fingerprint density at radius 3 is 2.66 bits per heavy atom. The molecule has 0 saturated carbocycles. The van der Waals surface area contributed by atoms with Crippen LogP contribution in [0.4, 0.5) is 13.2 Å². The van der Waals surface area contributed by atoms with Crippen LogP contribution in [0.2, 0.25) is 0 Å². The summed E-state index contributed by atoms with van der Waals surface area (Å²) in [5.74, 6) is 1.51. The Kier molecular flexibility index (Phi) is 6.73. The van der Waals surface area contributed by atoms with Crippen molar-refractivity contribution in [2.45, 2.75) is 38.1 Å². The highest BCUT2D eigenvalue weighted by molar-refractivity contribution is 5.79. The van der Waals surface area contributed by atoms with Crippen molar-refractivity contribution in [2.24, 2.45) is 12.0 Å². The number of guanidine groups is 1. The van der Waals surface area contributed by atoms with E-state index in [0.29, 0.717) is 24.6 Å². The summed E-state index contributed by atoms with van der Waals surface area (Å²) in [5, 5.41) is 10.7. The number of benzene rings is 1. The summed E-state index contributed by atoms with van der Waals surface area (Å²) in [6, 6.07) is 5.83. The second-order valence-electron chi connectivity index (χ2n) is 7.12. The normalized spacial score (nSPS) is 16.8. The lowest BCUT2D eigenvalue weighted by Crippen LogP contribution is -2.48. The molecule has 1 saturated heterocycles. The van der Waals surface area contributed by atoms with Crippen LogP contribution in [-0.4, -0.2) is 51.8 Å². The van der Waals surface area contributed by atoms with Crippen LogP contribution in [0.3, 0.4) is 0 Å². The topological polar surface area (TPSA) is 70.4 Å². The van der Waals surface area contributed by atoms with Gasteiger partial charge in [0.2, 0.25) is 0 Å². The zero-order valence-corrected chi connectivity index (χ0v) is 16.6. The van der Waals surface area contributed by atoms with Gasteiger partial charge in [-0.3, -0.25) is 14.6 Å². The lowest BCUT2D eigenvalue weighted by Gasteiger charge is -2.33. The molecule has 0 atom stereocenters. The van der Waals surface area contributed by atoms with Gasteiger partial charge in [-0.05, 0) is 24.5 Å². The largest absolute Gasteiger partial charge is 0.416 e. The third-order valence-electron chi connectivity index (χ3n) is 5.03.